The summed E-state index contributed by atoms with van der Waals surface area (Å²) >= 11 is 6.17. The molecule has 10 atom stereocenters. The molecule has 28 heteroatoms. The van der Waals surface area contributed by atoms with Gasteiger partial charge >= 0.3 is 0 Å². The molecule has 23 nitrogen and oxygen atoms in total. The van der Waals surface area contributed by atoms with Crippen LogP contribution in [0.4, 0.5) is 0 Å². The number of hydrogen-bond donors (Lipinski definition) is 6. The average Bonchev–Trinajstić information content (AvgIpc) is 1.66. The maximum absolute atomic E-state index is 12.7. The lowest BCUT2D eigenvalue weighted by Gasteiger charge is -2.41. The van der Waals surface area contributed by atoms with Crippen LogP contribution in [-0.4, -0.2) is 302 Å². The van der Waals surface area contributed by atoms with Gasteiger partial charge in [-0.05, 0) is 364 Å². The second-order valence-electron chi connectivity index (χ2n) is 39.6. The van der Waals surface area contributed by atoms with Crippen LogP contribution in [0.3, 0.4) is 0 Å². The highest BCUT2D eigenvalue weighted by Gasteiger charge is 2.47. The van der Waals surface area contributed by atoms with Crippen molar-refractivity contribution in [2.75, 3.05) is 141 Å². The third kappa shape index (κ3) is 29.3. The Morgan fingerprint density at radius 2 is 0.672 bits per heavy atom. The predicted molar refractivity (Wildman–Crippen MR) is 482 cm³/mol. The number of rotatable bonds is 18. The minimum atomic E-state index is -3.01. The number of amides is 6. The van der Waals surface area contributed by atoms with Gasteiger partial charge in [0.15, 0.2) is 19.7 Å². The summed E-state index contributed by atoms with van der Waals surface area (Å²) < 4.78 is 52.7. The first-order valence-electron chi connectivity index (χ1n) is 45.4. The van der Waals surface area contributed by atoms with Crippen LogP contribution < -0.4 is 31.9 Å². The lowest BCUT2D eigenvalue weighted by Crippen LogP contribution is -2.55. The smallest absolute Gasteiger partial charge is 0.240 e. The fourth-order valence-electron chi connectivity index (χ4n) is 19.8. The fourth-order valence-corrected chi connectivity index (χ4v) is 27.1. The Labute approximate surface area is 717 Å². The standard InChI is InChI=1S/C15H28N2O2.3C15H28N2OS.2C14H26N2O3S/c1-15(2)8-4-5-13(16-3)14(18)17(15)11-12-6-9-19-10-7-12;1-15(2)8-4-7-13(16-3)14(18)17(15)10-12-6-5-9-19-11-12;1-15(2)8-4-5-13(16-3)14(18)17(15)11-12-6-9-19-10-7-12;1-15(2)9-6-8-13(16-3)14(18)17(15)11-12-7-4-5-10-19-12;1-14(2)8-4-7-12(15-3)13(17)16(14)10-11-6-5-9-20(11,18)19;1-14(2)7-4-5-12(15-3)13(17)16(14)9-11-6-8-20(18,19)10-11/h4*12-13,16H,4-11H2,1-3H3;2*11-12,15H,4-10H2,1-3H3. The van der Waals surface area contributed by atoms with Gasteiger partial charge in [-0.3, -0.25) is 28.8 Å². The summed E-state index contributed by atoms with van der Waals surface area (Å²) in [5.41, 5.74) is -0.407. The summed E-state index contributed by atoms with van der Waals surface area (Å²) in [7, 11) is 5.36. The molecule has 0 aliphatic carbocycles. The summed E-state index contributed by atoms with van der Waals surface area (Å²) in [6.07, 6.45) is 31.8. The molecule has 0 bridgehead atoms. The van der Waals surface area contributed by atoms with Crippen LogP contribution in [0.25, 0.3) is 0 Å². The summed E-state index contributed by atoms with van der Waals surface area (Å²) in [4.78, 5) is 88.6. The zero-order valence-electron chi connectivity index (χ0n) is 75.7. The van der Waals surface area contributed by atoms with E-state index in [0.29, 0.717) is 66.7 Å². The molecule has 12 aliphatic heterocycles. The molecule has 672 valence electrons. The first-order valence-corrected chi connectivity index (χ1v) is 52.3. The molecule has 6 N–H and O–H groups in total. The van der Waals surface area contributed by atoms with Crippen molar-refractivity contribution in [1.29, 1.82) is 0 Å². The SMILES string of the molecule is CNC1CCCC(C)(C)N(CC2CCCCS2)C1=O.CNC1CCCC(C)(C)N(CC2CCCS2(=O)=O)C1=O.CNC1CCCC(C)(C)N(CC2CCCSC2)C1=O.CNC1CCCC(C)(C)N(CC2CCOCC2)C1=O.CNC1CCCC(C)(C)N(CC2CCS(=O)(=O)C2)C1=O.CNC1CCCC(C)(C)N(CC2CCSCC2)C1=O. The Morgan fingerprint density at radius 3 is 0.983 bits per heavy atom. The number of likely N-dealkylation sites (N-methyl/N-ethyl adjacent to an activating group) is 6. The Balaban J connectivity index is 0.000000192. The van der Waals surface area contributed by atoms with E-state index in [4.69, 9.17) is 4.74 Å². The first kappa shape index (κ1) is 101. The Bertz CT molecular complexity index is 3040. The topological polar surface area (TPSA) is 272 Å². The second-order valence-corrected chi connectivity index (χ2v) is 48.0. The Morgan fingerprint density at radius 1 is 0.328 bits per heavy atom. The van der Waals surface area contributed by atoms with E-state index in [0.717, 1.165) is 174 Å². The van der Waals surface area contributed by atoms with Crippen LogP contribution in [0.2, 0.25) is 0 Å². The molecular formula is C88H164N12O11S5. The molecule has 0 aromatic rings. The van der Waals surface area contributed by atoms with Crippen LogP contribution in [0.5, 0.6) is 0 Å². The van der Waals surface area contributed by atoms with Gasteiger partial charge in [0.2, 0.25) is 35.4 Å². The molecule has 0 spiro atoms. The van der Waals surface area contributed by atoms with Gasteiger partial charge in [-0.25, -0.2) is 16.8 Å². The van der Waals surface area contributed by atoms with Gasteiger partial charge in [-0.2, -0.15) is 35.3 Å². The van der Waals surface area contributed by atoms with E-state index in [9.17, 15) is 45.6 Å². The van der Waals surface area contributed by atoms with E-state index >= 15 is 0 Å². The highest BCUT2D eigenvalue weighted by Crippen LogP contribution is 2.39. The van der Waals surface area contributed by atoms with E-state index in [-0.39, 0.29) is 116 Å². The van der Waals surface area contributed by atoms with Crippen LogP contribution in [0.15, 0.2) is 0 Å². The zero-order chi connectivity index (χ0) is 85.5. The highest BCUT2D eigenvalue weighted by atomic mass is 32.2. The van der Waals surface area contributed by atoms with Crippen molar-refractivity contribution in [3.8, 4) is 0 Å². The lowest BCUT2D eigenvalue weighted by atomic mass is 9.93. The van der Waals surface area contributed by atoms with E-state index < -0.39 is 19.7 Å². The molecule has 12 heterocycles. The molecule has 12 saturated heterocycles. The molecule has 10 unspecified atom stereocenters. The van der Waals surface area contributed by atoms with Crippen molar-refractivity contribution >= 4 is 90.4 Å². The molecule has 12 rings (SSSR count). The van der Waals surface area contributed by atoms with Gasteiger partial charge < -0.3 is 66.0 Å². The maximum atomic E-state index is 12.7. The molecule has 0 radical (unpaired) electrons. The Kier molecular flexibility index (Phi) is 40.3. The fraction of sp³-hybridized carbons (Fsp3) is 0.932. The van der Waals surface area contributed by atoms with Crippen molar-refractivity contribution in [1.82, 2.24) is 61.3 Å². The predicted octanol–water partition coefficient (Wildman–Crippen LogP) is 11.2. The van der Waals surface area contributed by atoms with E-state index in [1.807, 2.05) is 58.9 Å². The number of thioether (sulfide) groups is 3. The van der Waals surface area contributed by atoms with Crippen molar-refractivity contribution < 1.29 is 50.3 Å². The summed E-state index contributed by atoms with van der Waals surface area (Å²) in [5, 5.41) is 19.2. The summed E-state index contributed by atoms with van der Waals surface area (Å²) in [6, 6.07) is -0.231. The number of likely N-dealkylation sites (tertiary alicyclic amines) is 6. The van der Waals surface area contributed by atoms with Crippen molar-refractivity contribution in [2.24, 2.45) is 23.7 Å². The van der Waals surface area contributed by atoms with Gasteiger partial charge in [0.05, 0.1) is 58.8 Å². The molecule has 12 fully saturated rings. The molecule has 0 saturated carbocycles. The van der Waals surface area contributed by atoms with E-state index in [1.165, 1.54) is 73.7 Å². The minimum Gasteiger partial charge on any atom is -0.381 e. The largest absolute Gasteiger partial charge is 0.381 e. The van der Waals surface area contributed by atoms with Gasteiger partial charge in [-0.1, -0.05) is 6.42 Å². The van der Waals surface area contributed by atoms with Crippen molar-refractivity contribution in [2.45, 2.75) is 356 Å². The number of nitrogens with one attached hydrogen (secondary N) is 6. The normalized spacial score (nSPS) is 31.6. The number of carbonyl (C=O) groups is 6. The maximum Gasteiger partial charge on any atom is 0.240 e. The number of carbonyl (C=O) groups excluding carboxylic acids is 6. The number of nitrogens with zero attached hydrogens (tertiary/aromatic N) is 6. The average molecular weight is 1730 g/mol. The molecule has 0 aromatic heterocycles. The molecular weight excluding hydrogens is 1560 g/mol. The van der Waals surface area contributed by atoms with Crippen LogP contribution in [0.1, 0.15) is 276 Å². The second kappa shape index (κ2) is 46.5. The van der Waals surface area contributed by atoms with Gasteiger partial charge in [0.25, 0.3) is 0 Å². The Hall–Kier alpha value is -2.51. The van der Waals surface area contributed by atoms with Crippen molar-refractivity contribution in [3.63, 3.8) is 0 Å². The monoisotopic (exact) mass is 1730 g/mol. The molecule has 12 aliphatic rings. The highest BCUT2D eigenvalue weighted by molar-refractivity contribution is 8.00. The summed E-state index contributed by atoms with van der Waals surface area (Å²) in [5.74, 6) is 10.6. The van der Waals surface area contributed by atoms with Crippen LogP contribution in [-0.2, 0) is 53.2 Å². The van der Waals surface area contributed by atoms with Gasteiger partial charge in [0.1, 0.15) is 0 Å². The van der Waals surface area contributed by atoms with Crippen molar-refractivity contribution in [3.05, 3.63) is 0 Å². The van der Waals surface area contributed by atoms with E-state index in [2.05, 4.69) is 156 Å². The third-order valence-electron chi connectivity index (χ3n) is 28.1. The first-order chi connectivity index (χ1) is 54.7. The molecule has 6 amide bonds. The zero-order valence-corrected chi connectivity index (χ0v) is 79.8. The third-order valence-corrected chi connectivity index (χ3v) is 35.9. The van der Waals surface area contributed by atoms with Crippen LogP contribution in [0, 0.1) is 23.7 Å². The number of hydrogen-bond acceptors (Lipinski definition) is 20. The minimum absolute atomic E-state index is 0.00150. The van der Waals surface area contributed by atoms with Crippen LogP contribution >= 0.6 is 35.3 Å². The summed E-state index contributed by atoms with van der Waals surface area (Å²) in [6.45, 7) is 32.5. The van der Waals surface area contributed by atoms with Gasteiger partial charge in [-0.15, -0.1) is 0 Å². The molecule has 116 heavy (non-hydrogen) atoms. The number of sulfone groups is 2. The van der Waals surface area contributed by atoms with E-state index in [1.54, 1.807) is 7.05 Å². The quantitative estimate of drug-likeness (QED) is 0.0744. The lowest BCUT2D eigenvalue weighted by molar-refractivity contribution is -0.140. The number of ether oxygens (including phenoxy) is 1. The molecule has 0 aromatic carbocycles. The van der Waals surface area contributed by atoms with Gasteiger partial charge in [0, 0.05) is 91.0 Å².